The lowest BCUT2D eigenvalue weighted by molar-refractivity contribution is -0.130. The summed E-state index contributed by atoms with van der Waals surface area (Å²) in [6.07, 6.45) is 8.63. The number of hydrogen-bond donors (Lipinski definition) is 6. The number of aromatic nitrogens is 2. The number of nitrogens with zero attached hydrogens (tertiary/aromatic N) is 1. The van der Waals surface area contributed by atoms with Crippen molar-refractivity contribution in [3.63, 3.8) is 0 Å². The number of benzene rings is 1. The lowest BCUT2D eigenvalue weighted by atomic mass is 9.80. The lowest BCUT2D eigenvalue weighted by Crippen LogP contribution is -2.56. The Morgan fingerprint density at radius 1 is 1.07 bits per heavy atom. The molecule has 0 bridgehead atoms. The van der Waals surface area contributed by atoms with Crippen molar-refractivity contribution in [2.45, 2.75) is 102 Å². The van der Waals surface area contributed by atoms with E-state index in [0.717, 1.165) is 31.2 Å². The largest absolute Gasteiger partial charge is 0.393 e. The van der Waals surface area contributed by atoms with E-state index in [1.54, 1.807) is 6.20 Å². The van der Waals surface area contributed by atoms with Gasteiger partial charge < -0.3 is 31.6 Å². The van der Waals surface area contributed by atoms with Crippen molar-refractivity contribution in [3.05, 3.63) is 61.0 Å². The maximum Gasteiger partial charge on any atom is 0.243 e. The van der Waals surface area contributed by atoms with Crippen LogP contribution in [0.3, 0.4) is 0 Å². The Morgan fingerprint density at radius 3 is 2.38 bits per heavy atom. The van der Waals surface area contributed by atoms with Gasteiger partial charge in [-0.1, -0.05) is 76.3 Å². The molecule has 9 heteroatoms. The van der Waals surface area contributed by atoms with E-state index in [0.29, 0.717) is 30.9 Å². The SMILES string of the molecule is [CH2]C(O)[C@@H](C[C@H](O)[C@H](CC1CCCCC1)NC(=O)[C@H](Cc1c[nH]cn1)NC(=O)[C@@H](N)Cc1ccccc1)C(C)C. The van der Waals surface area contributed by atoms with Crippen LogP contribution in [0.2, 0.25) is 0 Å². The van der Waals surface area contributed by atoms with Gasteiger partial charge >= 0.3 is 0 Å². The number of hydrogen-bond acceptors (Lipinski definition) is 6. The van der Waals surface area contributed by atoms with Gasteiger partial charge in [0.15, 0.2) is 0 Å². The van der Waals surface area contributed by atoms with Crippen LogP contribution in [-0.2, 0) is 22.4 Å². The van der Waals surface area contributed by atoms with E-state index in [9.17, 15) is 19.8 Å². The van der Waals surface area contributed by atoms with Crippen LogP contribution in [0.25, 0.3) is 0 Å². The quantitative estimate of drug-likeness (QED) is 0.199. The van der Waals surface area contributed by atoms with Gasteiger partial charge in [0.1, 0.15) is 6.04 Å². The predicted octanol–water partition coefficient (Wildman–Crippen LogP) is 2.68. The fourth-order valence-electron chi connectivity index (χ4n) is 5.75. The van der Waals surface area contributed by atoms with E-state index >= 15 is 0 Å². The Labute approximate surface area is 238 Å². The zero-order valence-electron chi connectivity index (χ0n) is 24.0. The number of aliphatic hydroxyl groups excluding tert-OH is 2. The number of imidazole rings is 1. The second-order valence-electron chi connectivity index (χ2n) is 11.8. The molecule has 1 saturated carbocycles. The van der Waals surface area contributed by atoms with E-state index < -0.39 is 36.2 Å². The van der Waals surface area contributed by atoms with E-state index in [-0.39, 0.29) is 24.2 Å². The summed E-state index contributed by atoms with van der Waals surface area (Å²) in [5.41, 5.74) is 7.78. The highest BCUT2D eigenvalue weighted by molar-refractivity contribution is 5.90. The number of rotatable bonds is 15. The molecule has 3 rings (SSSR count). The van der Waals surface area contributed by atoms with Gasteiger partial charge in [0.2, 0.25) is 11.8 Å². The minimum Gasteiger partial charge on any atom is -0.393 e. The number of nitrogens with one attached hydrogen (secondary N) is 3. The number of aromatic amines is 1. The summed E-state index contributed by atoms with van der Waals surface area (Å²) in [4.78, 5) is 33.9. The van der Waals surface area contributed by atoms with Crippen LogP contribution in [0, 0.1) is 24.7 Å². The van der Waals surface area contributed by atoms with Crippen LogP contribution in [0.15, 0.2) is 42.9 Å². The van der Waals surface area contributed by atoms with E-state index in [4.69, 9.17) is 5.73 Å². The molecule has 221 valence electrons. The summed E-state index contributed by atoms with van der Waals surface area (Å²) in [5.74, 6) is -0.514. The van der Waals surface area contributed by atoms with Gasteiger partial charge in [-0.2, -0.15) is 0 Å². The third-order valence-electron chi connectivity index (χ3n) is 8.20. The topological polar surface area (TPSA) is 153 Å². The average Bonchev–Trinajstić information content (AvgIpc) is 3.44. The molecule has 7 N–H and O–H groups in total. The van der Waals surface area contributed by atoms with Crippen molar-refractivity contribution < 1.29 is 19.8 Å². The molecule has 6 atom stereocenters. The maximum atomic E-state index is 13.7. The Kier molecular flexibility index (Phi) is 12.6. The lowest BCUT2D eigenvalue weighted by Gasteiger charge is -2.34. The van der Waals surface area contributed by atoms with Gasteiger partial charge in [-0.25, -0.2) is 4.98 Å². The van der Waals surface area contributed by atoms with Crippen LogP contribution < -0.4 is 16.4 Å². The molecule has 2 amide bonds. The van der Waals surface area contributed by atoms with Gasteiger partial charge in [-0.05, 0) is 49.5 Å². The smallest absolute Gasteiger partial charge is 0.243 e. The Morgan fingerprint density at radius 2 is 1.77 bits per heavy atom. The molecule has 0 spiro atoms. The molecule has 1 aliphatic carbocycles. The summed E-state index contributed by atoms with van der Waals surface area (Å²) < 4.78 is 0. The zero-order chi connectivity index (χ0) is 29.1. The van der Waals surface area contributed by atoms with E-state index in [1.807, 2.05) is 44.2 Å². The molecule has 2 aromatic rings. The molecule has 40 heavy (non-hydrogen) atoms. The van der Waals surface area contributed by atoms with Crippen LogP contribution in [-0.4, -0.2) is 62.3 Å². The molecule has 1 radical (unpaired) electrons. The van der Waals surface area contributed by atoms with Gasteiger partial charge in [-0.3, -0.25) is 9.59 Å². The van der Waals surface area contributed by atoms with Gasteiger partial charge in [-0.15, -0.1) is 0 Å². The highest BCUT2D eigenvalue weighted by atomic mass is 16.3. The molecule has 1 heterocycles. The normalized spacial score (nSPS) is 18.9. The van der Waals surface area contributed by atoms with Crippen LogP contribution in [0.5, 0.6) is 0 Å². The summed E-state index contributed by atoms with van der Waals surface area (Å²) in [6, 6.07) is 7.23. The second kappa shape index (κ2) is 15.9. The zero-order valence-corrected chi connectivity index (χ0v) is 24.0. The third kappa shape index (κ3) is 10.0. The summed E-state index contributed by atoms with van der Waals surface area (Å²) in [5, 5.41) is 27.5. The van der Waals surface area contributed by atoms with Crippen molar-refractivity contribution in [1.29, 1.82) is 0 Å². The van der Waals surface area contributed by atoms with Crippen molar-refractivity contribution in [2.75, 3.05) is 0 Å². The predicted molar refractivity (Wildman–Crippen MR) is 156 cm³/mol. The van der Waals surface area contributed by atoms with Crippen LogP contribution >= 0.6 is 0 Å². The molecule has 9 nitrogen and oxygen atoms in total. The van der Waals surface area contributed by atoms with E-state index in [1.165, 1.54) is 12.7 Å². The Bertz CT molecular complexity index is 1000. The first-order chi connectivity index (χ1) is 19.1. The second-order valence-corrected chi connectivity index (χ2v) is 11.8. The van der Waals surface area contributed by atoms with E-state index in [2.05, 4.69) is 27.5 Å². The number of aliphatic hydroxyl groups is 2. The Hall–Kier alpha value is -2.75. The standard InChI is InChI=1S/C31H48N5O4/c1-20(2)25(21(3)37)17-29(38)27(15-23-12-8-5-9-13-23)35-31(40)28(16-24-18-33-19-34-24)36-30(39)26(32)14-22-10-6-4-7-11-22/h4,6-7,10-11,18-21,23,25-29,37-38H,3,5,8-9,12-17,32H2,1-2H3,(H,33,34)(H,35,40)(H,36,39)/t21?,25-,26-,27-,28-,29-/m0/s1. The molecule has 1 fully saturated rings. The number of nitrogens with two attached hydrogens (primary N) is 1. The number of carbonyl (C=O) groups excluding carboxylic acids is 2. The van der Waals surface area contributed by atoms with Crippen molar-refractivity contribution in [3.8, 4) is 0 Å². The average molecular weight is 555 g/mol. The summed E-state index contributed by atoms with van der Waals surface area (Å²) >= 11 is 0. The van der Waals surface area contributed by atoms with Gasteiger partial charge in [0.25, 0.3) is 0 Å². The summed E-state index contributed by atoms with van der Waals surface area (Å²) in [6.45, 7) is 7.78. The minimum atomic E-state index is -0.919. The fourth-order valence-corrected chi connectivity index (χ4v) is 5.75. The van der Waals surface area contributed by atoms with Crippen molar-refractivity contribution in [1.82, 2.24) is 20.6 Å². The summed E-state index contributed by atoms with van der Waals surface area (Å²) in [7, 11) is 0. The molecule has 1 unspecified atom stereocenters. The molecule has 1 aromatic heterocycles. The molecule has 0 saturated heterocycles. The van der Waals surface area contributed by atoms with Gasteiger partial charge in [0.05, 0.1) is 36.3 Å². The first-order valence-corrected chi connectivity index (χ1v) is 14.7. The van der Waals surface area contributed by atoms with Crippen LogP contribution in [0.4, 0.5) is 0 Å². The van der Waals surface area contributed by atoms with Crippen molar-refractivity contribution >= 4 is 11.8 Å². The number of amides is 2. The van der Waals surface area contributed by atoms with Crippen molar-refractivity contribution in [2.24, 2.45) is 23.5 Å². The highest BCUT2D eigenvalue weighted by Gasteiger charge is 2.33. The Balaban J connectivity index is 1.75. The molecule has 1 aliphatic rings. The molecule has 0 aliphatic heterocycles. The minimum absolute atomic E-state index is 0.117. The first-order valence-electron chi connectivity index (χ1n) is 14.7. The fraction of sp³-hybridized carbons (Fsp3) is 0.613. The molecular formula is C31H48N5O4. The first kappa shape index (κ1) is 31.8. The third-order valence-corrected chi connectivity index (χ3v) is 8.20. The number of carbonyl (C=O) groups is 2. The molecular weight excluding hydrogens is 506 g/mol. The maximum absolute atomic E-state index is 13.7. The van der Waals surface area contributed by atoms with Gasteiger partial charge in [0, 0.05) is 12.6 Å². The highest BCUT2D eigenvalue weighted by Crippen LogP contribution is 2.30. The number of H-pyrrole nitrogens is 1. The monoisotopic (exact) mass is 554 g/mol. The molecule has 1 aromatic carbocycles. The van der Waals surface area contributed by atoms with Crippen LogP contribution in [0.1, 0.15) is 70.1 Å².